The van der Waals surface area contributed by atoms with Crippen LogP contribution in [0.25, 0.3) is 11.3 Å². The van der Waals surface area contributed by atoms with Crippen LogP contribution >= 0.6 is 0 Å². The fraction of sp³-hybridized carbons (Fsp3) is 0.0556. The minimum atomic E-state index is -0.731. The maximum absolute atomic E-state index is 11.9. The molecule has 3 N–H and O–H groups in total. The Morgan fingerprint density at radius 3 is 2.71 bits per heavy atom. The van der Waals surface area contributed by atoms with Gasteiger partial charge in [-0.05, 0) is 6.07 Å². The van der Waals surface area contributed by atoms with Gasteiger partial charge in [-0.1, -0.05) is 30.3 Å². The highest BCUT2D eigenvalue weighted by Crippen LogP contribution is 2.36. The highest BCUT2D eigenvalue weighted by Gasteiger charge is 2.19. The number of aromatic nitrogens is 2. The van der Waals surface area contributed by atoms with Gasteiger partial charge >= 0.3 is 5.69 Å². The van der Waals surface area contributed by atoms with Crippen molar-refractivity contribution in [2.45, 2.75) is 0 Å². The summed E-state index contributed by atoms with van der Waals surface area (Å²) >= 11 is 0. The van der Waals surface area contributed by atoms with Crippen LogP contribution in [0.4, 0.5) is 11.6 Å². The molecule has 0 atom stereocenters. The number of rotatable bonds is 6. The van der Waals surface area contributed by atoms with Gasteiger partial charge in [-0.3, -0.25) is 19.9 Å². The number of ether oxygens (including phenoxy) is 1. The minimum absolute atomic E-state index is 0.0618. The summed E-state index contributed by atoms with van der Waals surface area (Å²) in [5.74, 6) is -0.532. The van der Waals surface area contributed by atoms with Crippen molar-refractivity contribution < 1.29 is 14.8 Å². The number of nitrogens with one attached hydrogen (secondary N) is 2. The number of aromatic hydroxyl groups is 1. The van der Waals surface area contributed by atoms with E-state index in [-0.39, 0.29) is 17.3 Å². The van der Waals surface area contributed by atoms with E-state index in [1.807, 2.05) is 30.3 Å². The second-order valence-electron chi connectivity index (χ2n) is 5.56. The first kappa shape index (κ1) is 18.6. The minimum Gasteiger partial charge on any atom is -0.500 e. The normalized spacial score (nSPS) is 10.8. The third kappa shape index (κ3) is 4.12. The molecule has 10 heteroatoms. The van der Waals surface area contributed by atoms with Crippen LogP contribution in [-0.4, -0.2) is 33.3 Å². The molecule has 2 aromatic carbocycles. The summed E-state index contributed by atoms with van der Waals surface area (Å²) in [7, 11) is 1.28. The number of nitro benzene ring substituents is 1. The van der Waals surface area contributed by atoms with E-state index in [0.29, 0.717) is 11.3 Å². The van der Waals surface area contributed by atoms with Crippen LogP contribution in [0.5, 0.6) is 11.5 Å². The van der Waals surface area contributed by atoms with Crippen molar-refractivity contribution in [2.75, 3.05) is 12.5 Å². The van der Waals surface area contributed by atoms with Crippen LogP contribution < -0.4 is 15.7 Å². The monoisotopic (exact) mass is 381 g/mol. The average molecular weight is 381 g/mol. The van der Waals surface area contributed by atoms with E-state index >= 15 is 0 Å². The number of phenolic OH excluding ortho intramolecular Hbond substituents is 1. The molecule has 3 rings (SSSR count). The lowest BCUT2D eigenvalue weighted by molar-refractivity contribution is -0.386. The molecule has 0 aliphatic heterocycles. The number of aromatic amines is 1. The molecule has 0 fully saturated rings. The van der Waals surface area contributed by atoms with Gasteiger partial charge in [-0.25, -0.2) is 10.4 Å². The third-order valence-electron chi connectivity index (χ3n) is 3.69. The first-order chi connectivity index (χ1) is 13.5. The lowest BCUT2D eigenvalue weighted by Crippen LogP contribution is -2.10. The fourth-order valence-corrected chi connectivity index (χ4v) is 2.42. The highest BCUT2D eigenvalue weighted by atomic mass is 16.6. The van der Waals surface area contributed by atoms with Crippen LogP contribution in [0.1, 0.15) is 5.56 Å². The number of anilines is 1. The molecular formula is C18H15N5O5. The fourth-order valence-electron chi connectivity index (χ4n) is 2.42. The molecule has 1 aromatic heterocycles. The summed E-state index contributed by atoms with van der Waals surface area (Å²) in [6, 6.07) is 13.0. The van der Waals surface area contributed by atoms with Crippen molar-refractivity contribution in [1.82, 2.24) is 9.97 Å². The van der Waals surface area contributed by atoms with E-state index < -0.39 is 16.4 Å². The topological polar surface area (TPSA) is 143 Å². The van der Waals surface area contributed by atoms with Crippen LogP contribution in [0.2, 0.25) is 0 Å². The van der Waals surface area contributed by atoms with Gasteiger partial charge in [0.2, 0.25) is 11.7 Å². The number of hydrazone groups is 1. The Morgan fingerprint density at radius 2 is 2.04 bits per heavy atom. The number of methoxy groups -OCH3 is 1. The quantitative estimate of drug-likeness (QED) is 0.338. The van der Waals surface area contributed by atoms with Crippen LogP contribution in [0.3, 0.4) is 0 Å². The zero-order valence-corrected chi connectivity index (χ0v) is 14.6. The Bertz CT molecular complexity index is 1100. The number of benzene rings is 2. The molecule has 1 heterocycles. The molecule has 0 bridgehead atoms. The molecule has 0 spiro atoms. The number of hydrogen-bond acceptors (Lipinski definition) is 8. The zero-order chi connectivity index (χ0) is 20.1. The maximum atomic E-state index is 11.9. The van der Waals surface area contributed by atoms with Crippen molar-refractivity contribution >= 4 is 17.9 Å². The van der Waals surface area contributed by atoms with Crippen molar-refractivity contribution in [3.05, 3.63) is 74.6 Å². The highest BCUT2D eigenvalue weighted by molar-refractivity contribution is 5.83. The van der Waals surface area contributed by atoms with Crippen molar-refractivity contribution in [2.24, 2.45) is 5.10 Å². The molecule has 0 aliphatic rings. The standard InChI is InChI=1S/C18H15N5O5/c1-28-15-8-11(7-14(17(15)25)23(26)27)10-19-22-18-20-13(9-16(24)21-18)12-5-3-2-4-6-12/h2-10,25H,1H3,(H2,20,21,22,24)/b19-10+. The van der Waals surface area contributed by atoms with E-state index in [1.165, 1.54) is 25.5 Å². The van der Waals surface area contributed by atoms with Crippen LogP contribution in [0.15, 0.2) is 58.4 Å². The second kappa shape index (κ2) is 7.99. The molecule has 0 amide bonds. The average Bonchev–Trinajstić information content (AvgIpc) is 2.69. The SMILES string of the molecule is COc1cc(/C=N/Nc2nc(-c3ccccc3)cc(=O)[nH]2)cc([N+](=O)[O-])c1O. The van der Waals surface area contributed by atoms with Crippen molar-refractivity contribution in [3.8, 4) is 22.8 Å². The van der Waals surface area contributed by atoms with Gasteiger partial charge in [-0.2, -0.15) is 5.10 Å². The summed E-state index contributed by atoms with van der Waals surface area (Å²) in [6.45, 7) is 0. The first-order valence-corrected chi connectivity index (χ1v) is 7.99. The molecule has 142 valence electrons. The molecule has 0 radical (unpaired) electrons. The Kier molecular flexibility index (Phi) is 5.30. The molecule has 0 unspecified atom stereocenters. The summed E-state index contributed by atoms with van der Waals surface area (Å²) in [4.78, 5) is 28.9. The van der Waals surface area contributed by atoms with E-state index in [2.05, 4.69) is 20.5 Å². The van der Waals surface area contributed by atoms with Gasteiger partial charge in [0, 0.05) is 23.3 Å². The van der Waals surface area contributed by atoms with Crippen LogP contribution in [-0.2, 0) is 0 Å². The maximum Gasteiger partial charge on any atom is 0.315 e. The van der Waals surface area contributed by atoms with E-state index in [1.54, 1.807) is 0 Å². The lowest BCUT2D eigenvalue weighted by Gasteiger charge is -2.05. The molecule has 0 saturated heterocycles. The number of nitro groups is 1. The van der Waals surface area contributed by atoms with Crippen molar-refractivity contribution in [1.29, 1.82) is 0 Å². The number of hydrogen-bond donors (Lipinski definition) is 3. The number of H-pyrrole nitrogens is 1. The summed E-state index contributed by atoms with van der Waals surface area (Å²) in [6.07, 6.45) is 1.27. The second-order valence-corrected chi connectivity index (χ2v) is 5.56. The van der Waals surface area contributed by atoms with Gasteiger partial charge in [-0.15, -0.1) is 0 Å². The summed E-state index contributed by atoms with van der Waals surface area (Å²) < 4.78 is 4.93. The lowest BCUT2D eigenvalue weighted by atomic mass is 10.1. The van der Waals surface area contributed by atoms with E-state index in [9.17, 15) is 20.0 Å². The molecule has 3 aromatic rings. The largest absolute Gasteiger partial charge is 0.500 e. The number of nitrogens with zero attached hydrogens (tertiary/aromatic N) is 3. The molecular weight excluding hydrogens is 366 g/mol. The Hall–Kier alpha value is -4.21. The van der Waals surface area contributed by atoms with E-state index in [4.69, 9.17) is 4.74 Å². The predicted octanol–water partition coefficient (Wildman–Crippen LogP) is 2.51. The Balaban J connectivity index is 1.86. The van der Waals surface area contributed by atoms with Gasteiger partial charge in [0.15, 0.2) is 5.75 Å². The van der Waals surface area contributed by atoms with Gasteiger partial charge in [0.1, 0.15) is 0 Å². The third-order valence-corrected chi connectivity index (χ3v) is 3.69. The van der Waals surface area contributed by atoms with Gasteiger partial charge < -0.3 is 9.84 Å². The smallest absolute Gasteiger partial charge is 0.315 e. The first-order valence-electron chi connectivity index (χ1n) is 7.99. The Morgan fingerprint density at radius 1 is 1.29 bits per heavy atom. The van der Waals surface area contributed by atoms with E-state index in [0.717, 1.165) is 11.6 Å². The van der Waals surface area contributed by atoms with Crippen LogP contribution in [0, 0.1) is 10.1 Å². The summed E-state index contributed by atoms with van der Waals surface area (Å²) in [5, 5.41) is 24.7. The van der Waals surface area contributed by atoms with Gasteiger partial charge in [0.05, 0.1) is 23.9 Å². The number of phenols is 1. The Labute approximate surface area is 158 Å². The van der Waals surface area contributed by atoms with Gasteiger partial charge in [0.25, 0.3) is 5.56 Å². The molecule has 0 saturated carbocycles. The molecule has 0 aliphatic carbocycles. The predicted molar refractivity (Wildman–Crippen MR) is 103 cm³/mol. The summed E-state index contributed by atoms with van der Waals surface area (Å²) in [5.41, 5.74) is 3.22. The zero-order valence-electron chi connectivity index (χ0n) is 14.6. The molecule has 28 heavy (non-hydrogen) atoms. The van der Waals surface area contributed by atoms with Crippen molar-refractivity contribution in [3.63, 3.8) is 0 Å². The molecule has 10 nitrogen and oxygen atoms in total.